The van der Waals surface area contributed by atoms with Crippen LogP contribution in [-0.2, 0) is 6.42 Å². The lowest BCUT2D eigenvalue weighted by Gasteiger charge is -2.07. The van der Waals surface area contributed by atoms with Crippen LogP contribution >= 0.6 is 0 Å². The predicted octanol–water partition coefficient (Wildman–Crippen LogP) is 1.18. The molecule has 92 valence electrons. The second-order valence-corrected chi connectivity index (χ2v) is 4.53. The smallest absolute Gasteiger partial charge is 0.0490 e. The molecule has 1 aromatic rings. The normalized spacial score (nSPS) is 11.2. The highest BCUT2D eigenvalue weighted by Gasteiger charge is 1.94. The summed E-state index contributed by atoms with van der Waals surface area (Å²) in [6, 6.07) is 2.02. The van der Waals surface area contributed by atoms with Crippen LogP contribution in [0.3, 0.4) is 0 Å². The van der Waals surface area contributed by atoms with Gasteiger partial charge in [-0.05, 0) is 38.0 Å². The molecule has 0 saturated carbocycles. The third kappa shape index (κ3) is 6.58. The molecule has 16 heavy (non-hydrogen) atoms. The van der Waals surface area contributed by atoms with Gasteiger partial charge in [0, 0.05) is 24.9 Å². The van der Waals surface area contributed by atoms with Crippen molar-refractivity contribution in [2.45, 2.75) is 26.7 Å². The summed E-state index contributed by atoms with van der Waals surface area (Å²) in [5, 5.41) is 13.7. The molecule has 0 aromatic carbocycles. The van der Waals surface area contributed by atoms with Gasteiger partial charge in [-0.15, -0.1) is 0 Å². The van der Waals surface area contributed by atoms with Crippen molar-refractivity contribution in [3.8, 4) is 0 Å². The molecule has 0 spiro atoms. The van der Waals surface area contributed by atoms with Crippen LogP contribution in [0.2, 0.25) is 0 Å². The Bertz CT molecular complexity index is 244. The first-order valence-electron chi connectivity index (χ1n) is 6.18. The van der Waals surface area contributed by atoms with Crippen LogP contribution in [0, 0.1) is 5.92 Å². The summed E-state index contributed by atoms with van der Waals surface area (Å²) in [6.07, 6.45) is 4.01. The molecule has 0 aliphatic carbocycles. The van der Waals surface area contributed by atoms with Gasteiger partial charge in [-0.2, -0.15) is 5.10 Å². The van der Waals surface area contributed by atoms with Crippen LogP contribution in [-0.4, -0.2) is 36.4 Å². The van der Waals surface area contributed by atoms with Crippen LogP contribution in [0.4, 0.5) is 0 Å². The number of aromatic amines is 1. The van der Waals surface area contributed by atoms with E-state index in [1.54, 1.807) is 6.20 Å². The number of nitrogens with one attached hydrogen (secondary N) is 3. The zero-order chi connectivity index (χ0) is 11.6. The first kappa shape index (κ1) is 13.2. The molecule has 0 aliphatic heterocycles. The average Bonchev–Trinajstić information content (AvgIpc) is 2.74. The third-order valence-corrected chi connectivity index (χ3v) is 2.39. The van der Waals surface area contributed by atoms with Crippen molar-refractivity contribution >= 4 is 0 Å². The van der Waals surface area contributed by atoms with Crippen molar-refractivity contribution in [1.82, 2.24) is 20.8 Å². The molecule has 3 N–H and O–H groups in total. The molecule has 0 saturated heterocycles. The maximum atomic E-state index is 3.92. The SMILES string of the molecule is CC(C)CNCCCNCCc1ccn[nH]1. The highest BCUT2D eigenvalue weighted by molar-refractivity contribution is 4.97. The Labute approximate surface area is 98.2 Å². The zero-order valence-corrected chi connectivity index (χ0v) is 10.4. The quantitative estimate of drug-likeness (QED) is 0.552. The van der Waals surface area contributed by atoms with E-state index in [0.717, 1.165) is 38.5 Å². The molecule has 4 heteroatoms. The zero-order valence-electron chi connectivity index (χ0n) is 10.4. The molecule has 0 aliphatic rings. The summed E-state index contributed by atoms with van der Waals surface area (Å²) in [5.74, 6) is 0.744. The molecule has 4 nitrogen and oxygen atoms in total. The Morgan fingerprint density at radius 2 is 2.06 bits per heavy atom. The number of hydrogen-bond acceptors (Lipinski definition) is 3. The lowest BCUT2D eigenvalue weighted by Crippen LogP contribution is -2.25. The minimum Gasteiger partial charge on any atom is -0.316 e. The van der Waals surface area contributed by atoms with Crippen molar-refractivity contribution in [3.05, 3.63) is 18.0 Å². The molecule has 0 bridgehead atoms. The lowest BCUT2D eigenvalue weighted by molar-refractivity contribution is 0.530. The first-order chi connectivity index (χ1) is 7.79. The molecule has 0 radical (unpaired) electrons. The highest BCUT2D eigenvalue weighted by Crippen LogP contribution is 1.91. The highest BCUT2D eigenvalue weighted by atomic mass is 15.1. The van der Waals surface area contributed by atoms with Gasteiger partial charge in [-0.25, -0.2) is 0 Å². The molecule has 1 heterocycles. The third-order valence-electron chi connectivity index (χ3n) is 2.39. The largest absolute Gasteiger partial charge is 0.316 e. The molecular weight excluding hydrogens is 200 g/mol. The number of aromatic nitrogens is 2. The van der Waals surface area contributed by atoms with Gasteiger partial charge in [-0.3, -0.25) is 5.10 Å². The fourth-order valence-electron chi connectivity index (χ4n) is 1.50. The van der Waals surface area contributed by atoms with E-state index in [4.69, 9.17) is 0 Å². The number of rotatable bonds is 9. The van der Waals surface area contributed by atoms with Gasteiger partial charge in [0.1, 0.15) is 0 Å². The number of hydrogen-bond donors (Lipinski definition) is 3. The minimum absolute atomic E-state index is 0.744. The van der Waals surface area contributed by atoms with Gasteiger partial charge < -0.3 is 10.6 Å². The molecule has 0 unspecified atom stereocenters. The van der Waals surface area contributed by atoms with Crippen LogP contribution in [0.1, 0.15) is 26.0 Å². The van der Waals surface area contributed by atoms with Crippen LogP contribution in [0.15, 0.2) is 12.3 Å². The Balaban J connectivity index is 1.82. The Hall–Kier alpha value is -0.870. The summed E-state index contributed by atoms with van der Waals surface area (Å²) >= 11 is 0. The van der Waals surface area contributed by atoms with E-state index < -0.39 is 0 Å². The number of H-pyrrole nitrogens is 1. The summed E-state index contributed by atoms with van der Waals surface area (Å²) in [4.78, 5) is 0. The van der Waals surface area contributed by atoms with Gasteiger partial charge in [0.15, 0.2) is 0 Å². The Kier molecular flexibility index (Phi) is 6.85. The summed E-state index contributed by atoms with van der Waals surface area (Å²) < 4.78 is 0. The van der Waals surface area contributed by atoms with Crippen LogP contribution < -0.4 is 10.6 Å². The van der Waals surface area contributed by atoms with E-state index in [9.17, 15) is 0 Å². The summed E-state index contributed by atoms with van der Waals surface area (Å²) in [5.41, 5.74) is 1.20. The lowest BCUT2D eigenvalue weighted by atomic mass is 10.2. The van der Waals surface area contributed by atoms with Crippen molar-refractivity contribution in [2.75, 3.05) is 26.2 Å². The standard InChI is InChI=1S/C12H24N4/c1-11(2)10-14-7-3-6-13-8-4-12-5-9-15-16-12/h5,9,11,13-14H,3-4,6-8,10H2,1-2H3,(H,15,16). The maximum Gasteiger partial charge on any atom is 0.0490 e. The van der Waals surface area contributed by atoms with Crippen LogP contribution in [0.5, 0.6) is 0 Å². The molecule has 1 aromatic heterocycles. The van der Waals surface area contributed by atoms with E-state index in [0.29, 0.717) is 0 Å². The topological polar surface area (TPSA) is 52.7 Å². The van der Waals surface area contributed by atoms with E-state index >= 15 is 0 Å². The van der Waals surface area contributed by atoms with Gasteiger partial charge >= 0.3 is 0 Å². The predicted molar refractivity (Wildman–Crippen MR) is 67.5 cm³/mol. The van der Waals surface area contributed by atoms with Gasteiger partial charge in [0.2, 0.25) is 0 Å². The molecule has 0 atom stereocenters. The summed E-state index contributed by atoms with van der Waals surface area (Å²) in [6.45, 7) is 8.79. The first-order valence-corrected chi connectivity index (χ1v) is 6.18. The number of nitrogens with zero attached hydrogens (tertiary/aromatic N) is 1. The van der Waals surface area contributed by atoms with Crippen molar-refractivity contribution < 1.29 is 0 Å². The maximum absolute atomic E-state index is 3.92. The van der Waals surface area contributed by atoms with E-state index in [-0.39, 0.29) is 0 Å². The molecule has 1 rings (SSSR count). The van der Waals surface area contributed by atoms with E-state index in [1.807, 2.05) is 6.07 Å². The van der Waals surface area contributed by atoms with Gasteiger partial charge in [0.05, 0.1) is 0 Å². The van der Waals surface area contributed by atoms with Gasteiger partial charge in [0.25, 0.3) is 0 Å². The van der Waals surface area contributed by atoms with E-state index in [1.165, 1.54) is 12.1 Å². The van der Waals surface area contributed by atoms with Gasteiger partial charge in [-0.1, -0.05) is 13.8 Å². The van der Waals surface area contributed by atoms with E-state index in [2.05, 4.69) is 34.7 Å². The van der Waals surface area contributed by atoms with Crippen LogP contribution in [0.25, 0.3) is 0 Å². The van der Waals surface area contributed by atoms with Crippen molar-refractivity contribution in [1.29, 1.82) is 0 Å². The Morgan fingerprint density at radius 1 is 1.25 bits per heavy atom. The average molecular weight is 224 g/mol. The Morgan fingerprint density at radius 3 is 2.75 bits per heavy atom. The monoisotopic (exact) mass is 224 g/mol. The fraction of sp³-hybridized carbons (Fsp3) is 0.750. The second kappa shape index (κ2) is 8.30. The molecule has 0 fully saturated rings. The molecular formula is C12H24N4. The second-order valence-electron chi connectivity index (χ2n) is 4.53. The minimum atomic E-state index is 0.744. The molecule has 0 amide bonds. The van der Waals surface area contributed by atoms with Crippen molar-refractivity contribution in [3.63, 3.8) is 0 Å². The van der Waals surface area contributed by atoms with Crippen molar-refractivity contribution in [2.24, 2.45) is 5.92 Å². The fourth-order valence-corrected chi connectivity index (χ4v) is 1.50. The summed E-state index contributed by atoms with van der Waals surface area (Å²) in [7, 11) is 0.